The zero-order chi connectivity index (χ0) is 21.6. The Kier molecular flexibility index (Phi) is 6.07. The quantitative estimate of drug-likeness (QED) is 0.431. The average Bonchev–Trinajstić information content (AvgIpc) is 2.67. The van der Waals surface area contributed by atoms with Crippen molar-refractivity contribution in [3.05, 3.63) is 41.0 Å². The highest BCUT2D eigenvalue weighted by Gasteiger charge is 2.37. The molecule has 31 heavy (non-hydrogen) atoms. The van der Waals surface area contributed by atoms with Crippen LogP contribution < -0.4 is 4.90 Å². The Labute approximate surface area is 181 Å². The van der Waals surface area contributed by atoms with E-state index in [1.807, 2.05) is 25.2 Å². The molecule has 0 fully saturated rings. The first kappa shape index (κ1) is 22.7. The number of aliphatic carboxylic acids is 1. The Balaban J connectivity index is 0.00000272. The molecule has 2 amide bonds. The molecule has 0 aromatic heterocycles. The lowest BCUT2D eigenvalue weighted by Crippen LogP contribution is -2.50. The maximum Gasteiger partial charge on any atom is 0.303 e. The van der Waals surface area contributed by atoms with Gasteiger partial charge in [-0.3, -0.25) is 19.3 Å². The maximum absolute atomic E-state index is 13.3. The second kappa shape index (κ2) is 8.28. The number of rotatable bonds is 6. The number of hydrogen-bond acceptors (Lipinski definition) is 5. The van der Waals surface area contributed by atoms with E-state index >= 15 is 0 Å². The molecule has 2 aromatic rings. The number of amides is 2. The van der Waals surface area contributed by atoms with Gasteiger partial charge in [0, 0.05) is 36.5 Å². The van der Waals surface area contributed by atoms with Gasteiger partial charge in [-0.25, -0.2) is 0 Å². The van der Waals surface area contributed by atoms with Gasteiger partial charge < -0.3 is 20.0 Å². The van der Waals surface area contributed by atoms with Gasteiger partial charge in [0.15, 0.2) is 6.67 Å². The molecule has 0 radical (unpaired) electrons. The molecule has 2 aromatic carbocycles. The summed E-state index contributed by atoms with van der Waals surface area (Å²) in [5, 5.41) is 10.5. The number of quaternary nitrogens is 1. The molecule has 0 unspecified atom stereocenters. The first-order chi connectivity index (χ1) is 14.2. The van der Waals surface area contributed by atoms with Crippen molar-refractivity contribution in [2.45, 2.75) is 32.2 Å². The predicted octanol–water partition coefficient (Wildman–Crippen LogP) is 2.89. The smallest absolute Gasteiger partial charge is 0.303 e. The lowest BCUT2D eigenvalue weighted by Gasteiger charge is -2.41. The summed E-state index contributed by atoms with van der Waals surface area (Å²) >= 11 is 0. The van der Waals surface area contributed by atoms with Gasteiger partial charge in [0.1, 0.15) is 6.54 Å². The van der Waals surface area contributed by atoms with Crippen LogP contribution in [0.2, 0.25) is 0 Å². The fraction of sp³-hybridized carbons (Fsp3) is 0.435. The van der Waals surface area contributed by atoms with Crippen molar-refractivity contribution in [3.63, 3.8) is 0 Å². The van der Waals surface area contributed by atoms with Crippen LogP contribution in [0.25, 0.3) is 10.8 Å². The van der Waals surface area contributed by atoms with E-state index in [0.29, 0.717) is 36.9 Å². The molecule has 8 nitrogen and oxygen atoms in total. The fourth-order valence-electron chi connectivity index (χ4n) is 4.82. The zero-order valence-electron chi connectivity index (χ0n) is 18.2. The van der Waals surface area contributed by atoms with Gasteiger partial charge in [-0.05, 0) is 30.4 Å². The van der Waals surface area contributed by atoms with E-state index in [4.69, 9.17) is 5.11 Å². The number of hydrogen-bond donors (Lipinski definition) is 1. The minimum atomic E-state index is -0.823. The molecule has 0 saturated carbocycles. The summed E-state index contributed by atoms with van der Waals surface area (Å²) in [5.74, 6) is -1.33. The van der Waals surface area contributed by atoms with Crippen LogP contribution in [0.1, 0.15) is 52.0 Å². The van der Waals surface area contributed by atoms with Crippen molar-refractivity contribution >= 4 is 34.2 Å². The third-order valence-corrected chi connectivity index (χ3v) is 6.07. The summed E-state index contributed by atoms with van der Waals surface area (Å²) in [6.07, 6.45) is 1.92. The highest BCUT2D eigenvalue weighted by atomic mass is 16.4. The Morgan fingerprint density at radius 1 is 1.10 bits per heavy atom. The van der Waals surface area contributed by atoms with Crippen LogP contribution in [0, 0.1) is 0 Å². The van der Waals surface area contributed by atoms with Crippen LogP contribution in [-0.4, -0.2) is 72.1 Å². The van der Waals surface area contributed by atoms with Gasteiger partial charge in [-0.2, -0.15) is 0 Å². The molecule has 0 saturated heterocycles. The number of carbonyl (C=O) groups is 3. The fourth-order valence-corrected chi connectivity index (χ4v) is 4.82. The van der Waals surface area contributed by atoms with Crippen LogP contribution in [0.4, 0.5) is 5.69 Å². The van der Waals surface area contributed by atoms with Gasteiger partial charge >= 0.3 is 5.97 Å². The first-order valence-electron chi connectivity index (χ1n) is 10.4. The first-order valence-corrected chi connectivity index (χ1v) is 10.4. The van der Waals surface area contributed by atoms with Crippen molar-refractivity contribution in [2.24, 2.45) is 0 Å². The average molecular weight is 428 g/mol. The molecular formula is C23H29N3O5. The standard InChI is InChI=1S/C23H27N3O4.H2O/c1-24-14-26(2,3)13-18-15-8-7-9-16-21(15)17(12-19(18)24)23(30)25(22(16)29)11-6-4-5-10-20(27)28;/h7-9,12H,4-6,10-11,13-14H2,1-3H3;1H2. The number of imide groups is 1. The van der Waals surface area contributed by atoms with E-state index in [1.54, 1.807) is 6.07 Å². The molecule has 2 aliphatic heterocycles. The van der Waals surface area contributed by atoms with E-state index in [1.165, 1.54) is 10.5 Å². The molecule has 4 rings (SSSR count). The summed E-state index contributed by atoms with van der Waals surface area (Å²) in [4.78, 5) is 40.6. The SMILES string of the molecule is CN1C[N+](C)(C)Cc2c1cc1c3c(cccc23)C(=O)N(CCCCCC(=O)O)C1=O.[OH-]. The molecule has 0 aliphatic carbocycles. The normalized spacial score (nSPS) is 16.9. The Bertz CT molecular complexity index is 1060. The van der Waals surface area contributed by atoms with Crippen LogP contribution in [0.5, 0.6) is 0 Å². The molecule has 2 aliphatic rings. The van der Waals surface area contributed by atoms with Crippen molar-refractivity contribution < 1.29 is 29.4 Å². The lowest BCUT2D eigenvalue weighted by atomic mass is 9.88. The Morgan fingerprint density at radius 2 is 1.81 bits per heavy atom. The number of carboxylic acids is 1. The third-order valence-electron chi connectivity index (χ3n) is 6.07. The molecule has 0 bridgehead atoms. The number of benzene rings is 2. The number of anilines is 1. The van der Waals surface area contributed by atoms with Gasteiger partial charge in [0.05, 0.1) is 25.3 Å². The summed E-state index contributed by atoms with van der Waals surface area (Å²) in [6.45, 7) is 2.00. The predicted molar refractivity (Wildman–Crippen MR) is 116 cm³/mol. The van der Waals surface area contributed by atoms with E-state index in [9.17, 15) is 14.4 Å². The molecule has 2 heterocycles. The summed E-state index contributed by atoms with van der Waals surface area (Å²) < 4.78 is 0.812. The molecular weight excluding hydrogens is 398 g/mol. The van der Waals surface area contributed by atoms with Crippen molar-refractivity contribution in [3.8, 4) is 0 Å². The molecule has 2 N–H and O–H groups in total. The summed E-state index contributed by atoms with van der Waals surface area (Å²) in [6, 6.07) is 7.67. The minimum absolute atomic E-state index is 0. The van der Waals surface area contributed by atoms with Crippen LogP contribution >= 0.6 is 0 Å². The molecule has 0 atom stereocenters. The van der Waals surface area contributed by atoms with Crippen molar-refractivity contribution in [2.75, 3.05) is 39.3 Å². The van der Waals surface area contributed by atoms with Crippen molar-refractivity contribution in [1.82, 2.24) is 4.90 Å². The highest BCUT2D eigenvalue weighted by molar-refractivity contribution is 6.26. The second-order valence-electron chi connectivity index (χ2n) is 9.05. The monoisotopic (exact) mass is 427 g/mol. The Morgan fingerprint density at radius 3 is 2.52 bits per heavy atom. The number of carboxylic acid groups (broad SMARTS) is 1. The third kappa shape index (κ3) is 4.00. The zero-order valence-corrected chi connectivity index (χ0v) is 18.2. The van der Waals surface area contributed by atoms with E-state index in [-0.39, 0.29) is 23.7 Å². The van der Waals surface area contributed by atoms with Crippen LogP contribution in [-0.2, 0) is 11.3 Å². The summed E-state index contributed by atoms with van der Waals surface area (Å²) in [5.41, 5.74) is 3.39. The van der Waals surface area contributed by atoms with Crippen LogP contribution in [0.3, 0.4) is 0 Å². The topological polar surface area (TPSA) is 108 Å². The lowest BCUT2D eigenvalue weighted by molar-refractivity contribution is -0.904. The van der Waals surface area contributed by atoms with Crippen LogP contribution in [0.15, 0.2) is 24.3 Å². The van der Waals surface area contributed by atoms with Crippen molar-refractivity contribution in [1.29, 1.82) is 0 Å². The number of carbonyl (C=O) groups excluding carboxylic acids is 2. The minimum Gasteiger partial charge on any atom is -0.870 e. The maximum atomic E-state index is 13.3. The number of unbranched alkanes of at least 4 members (excludes halogenated alkanes) is 2. The van der Waals surface area contributed by atoms with Gasteiger partial charge in [-0.1, -0.05) is 18.6 Å². The summed E-state index contributed by atoms with van der Waals surface area (Å²) in [7, 11) is 6.40. The second-order valence-corrected chi connectivity index (χ2v) is 9.05. The molecule has 166 valence electrons. The highest BCUT2D eigenvalue weighted by Crippen LogP contribution is 2.40. The number of fused-ring (bicyclic) bond motifs is 2. The van der Waals surface area contributed by atoms with E-state index in [0.717, 1.165) is 34.2 Å². The van der Waals surface area contributed by atoms with Gasteiger partial charge in [0.2, 0.25) is 0 Å². The van der Waals surface area contributed by atoms with E-state index < -0.39 is 5.97 Å². The Hall–Kier alpha value is -2.97. The van der Waals surface area contributed by atoms with E-state index in [2.05, 4.69) is 19.0 Å². The largest absolute Gasteiger partial charge is 0.870 e. The van der Waals surface area contributed by atoms with Gasteiger partial charge in [-0.15, -0.1) is 0 Å². The molecule has 8 heteroatoms. The number of nitrogens with zero attached hydrogens (tertiary/aromatic N) is 3. The van der Waals surface area contributed by atoms with Gasteiger partial charge in [0.25, 0.3) is 11.8 Å². The molecule has 0 spiro atoms.